The van der Waals surface area contributed by atoms with Crippen LogP contribution in [-0.2, 0) is 6.42 Å². The largest absolute Gasteiger partial charge is 0.362 e. The van der Waals surface area contributed by atoms with Gasteiger partial charge in [-0.2, -0.15) is 0 Å². The zero-order valence-corrected chi connectivity index (χ0v) is 12.2. The summed E-state index contributed by atoms with van der Waals surface area (Å²) in [5.41, 5.74) is 3.09. The van der Waals surface area contributed by atoms with Crippen LogP contribution in [0.2, 0.25) is 0 Å². The third kappa shape index (κ3) is 2.54. The Kier molecular flexibility index (Phi) is 3.96. The predicted octanol–water partition coefficient (Wildman–Crippen LogP) is 3.22. The molecule has 0 spiro atoms. The number of hydrogen-bond acceptors (Lipinski definition) is 2. The molecule has 1 heterocycles. The molecule has 1 aromatic carbocycles. The maximum atomic E-state index is 3.55. The number of nitrogens with zero attached hydrogens (tertiary/aromatic N) is 1. The smallest absolute Gasteiger partial charge is 0.0405 e. The molecule has 0 aliphatic carbocycles. The van der Waals surface area contributed by atoms with Crippen molar-refractivity contribution in [3.63, 3.8) is 0 Å². The van der Waals surface area contributed by atoms with E-state index in [-0.39, 0.29) is 5.54 Å². The molecule has 2 nitrogen and oxygen atoms in total. The van der Waals surface area contributed by atoms with Crippen LogP contribution < -0.4 is 10.2 Å². The third-order valence-corrected chi connectivity index (χ3v) is 4.08. The van der Waals surface area contributed by atoms with E-state index in [1.165, 1.54) is 17.7 Å². The summed E-state index contributed by atoms with van der Waals surface area (Å²) in [4.78, 5) is 2.62. The van der Waals surface area contributed by atoms with Crippen molar-refractivity contribution in [1.82, 2.24) is 5.32 Å². The van der Waals surface area contributed by atoms with Crippen molar-refractivity contribution in [2.75, 3.05) is 18.0 Å². The van der Waals surface area contributed by atoms with Gasteiger partial charge in [0.05, 0.1) is 0 Å². The van der Waals surface area contributed by atoms with Gasteiger partial charge in [-0.1, -0.05) is 25.1 Å². The lowest BCUT2D eigenvalue weighted by atomic mass is 9.94. The SMILES string of the molecule is CCc1ccccc1N1C(C)CNCCC1(C)C. The molecule has 0 bridgehead atoms. The average molecular weight is 246 g/mol. The van der Waals surface area contributed by atoms with E-state index in [1.54, 1.807) is 0 Å². The molecular weight excluding hydrogens is 220 g/mol. The number of para-hydroxylation sites is 1. The van der Waals surface area contributed by atoms with Crippen molar-refractivity contribution >= 4 is 5.69 Å². The second-order valence-electron chi connectivity index (χ2n) is 5.97. The van der Waals surface area contributed by atoms with Crippen molar-refractivity contribution in [3.8, 4) is 0 Å². The highest BCUT2D eigenvalue weighted by Crippen LogP contribution is 2.32. The minimum Gasteiger partial charge on any atom is -0.362 e. The van der Waals surface area contributed by atoms with Crippen molar-refractivity contribution < 1.29 is 0 Å². The zero-order chi connectivity index (χ0) is 13.2. The van der Waals surface area contributed by atoms with Crippen LogP contribution in [0.15, 0.2) is 24.3 Å². The number of rotatable bonds is 2. The monoisotopic (exact) mass is 246 g/mol. The van der Waals surface area contributed by atoms with Gasteiger partial charge in [0.15, 0.2) is 0 Å². The van der Waals surface area contributed by atoms with Crippen LogP contribution in [0, 0.1) is 0 Å². The van der Waals surface area contributed by atoms with E-state index in [0.29, 0.717) is 6.04 Å². The highest BCUT2D eigenvalue weighted by Gasteiger charge is 2.33. The minimum absolute atomic E-state index is 0.216. The van der Waals surface area contributed by atoms with E-state index in [0.717, 1.165) is 19.5 Å². The van der Waals surface area contributed by atoms with E-state index in [4.69, 9.17) is 0 Å². The van der Waals surface area contributed by atoms with Crippen molar-refractivity contribution in [2.45, 2.75) is 52.1 Å². The maximum absolute atomic E-state index is 3.55. The van der Waals surface area contributed by atoms with E-state index in [1.807, 2.05) is 0 Å². The van der Waals surface area contributed by atoms with E-state index >= 15 is 0 Å². The Bertz CT molecular complexity index is 398. The lowest BCUT2D eigenvalue weighted by Crippen LogP contribution is -2.50. The molecule has 1 fully saturated rings. The lowest BCUT2D eigenvalue weighted by molar-refractivity contribution is 0.425. The van der Waals surface area contributed by atoms with Gasteiger partial charge < -0.3 is 10.2 Å². The van der Waals surface area contributed by atoms with E-state index in [9.17, 15) is 0 Å². The summed E-state index contributed by atoms with van der Waals surface area (Å²) in [6.07, 6.45) is 2.29. The fourth-order valence-electron chi connectivity index (χ4n) is 3.12. The Labute approximate surface area is 111 Å². The molecule has 100 valence electrons. The zero-order valence-electron chi connectivity index (χ0n) is 12.2. The fourth-order valence-corrected chi connectivity index (χ4v) is 3.12. The average Bonchev–Trinajstić information content (AvgIpc) is 2.47. The third-order valence-electron chi connectivity index (χ3n) is 4.08. The summed E-state index contributed by atoms with van der Waals surface area (Å²) < 4.78 is 0. The summed E-state index contributed by atoms with van der Waals surface area (Å²) >= 11 is 0. The Morgan fingerprint density at radius 1 is 1.33 bits per heavy atom. The van der Waals surface area contributed by atoms with Crippen LogP contribution in [0.5, 0.6) is 0 Å². The number of aryl methyl sites for hydroxylation is 1. The van der Waals surface area contributed by atoms with Crippen molar-refractivity contribution in [3.05, 3.63) is 29.8 Å². The van der Waals surface area contributed by atoms with Gasteiger partial charge >= 0.3 is 0 Å². The van der Waals surface area contributed by atoms with Gasteiger partial charge in [0, 0.05) is 23.8 Å². The van der Waals surface area contributed by atoms with Gasteiger partial charge in [-0.05, 0) is 51.8 Å². The van der Waals surface area contributed by atoms with Gasteiger partial charge in [0.2, 0.25) is 0 Å². The molecule has 0 radical (unpaired) electrons. The first-order valence-corrected chi connectivity index (χ1v) is 7.14. The molecule has 0 aromatic heterocycles. The molecule has 1 N–H and O–H groups in total. The van der Waals surface area contributed by atoms with Gasteiger partial charge in [0.25, 0.3) is 0 Å². The van der Waals surface area contributed by atoms with Crippen molar-refractivity contribution in [2.24, 2.45) is 0 Å². The summed E-state index contributed by atoms with van der Waals surface area (Å²) in [7, 11) is 0. The minimum atomic E-state index is 0.216. The summed E-state index contributed by atoms with van der Waals surface area (Å²) in [6, 6.07) is 9.39. The predicted molar refractivity (Wildman–Crippen MR) is 79.3 cm³/mol. The first-order chi connectivity index (χ1) is 8.56. The molecule has 0 saturated carbocycles. The first-order valence-electron chi connectivity index (χ1n) is 7.14. The highest BCUT2D eigenvalue weighted by atomic mass is 15.2. The van der Waals surface area contributed by atoms with Crippen LogP contribution in [0.4, 0.5) is 5.69 Å². The van der Waals surface area contributed by atoms with Gasteiger partial charge in [-0.15, -0.1) is 0 Å². The highest BCUT2D eigenvalue weighted by molar-refractivity contribution is 5.56. The van der Waals surface area contributed by atoms with Gasteiger partial charge in [0.1, 0.15) is 0 Å². The Balaban J connectivity index is 2.43. The molecule has 0 amide bonds. The lowest BCUT2D eigenvalue weighted by Gasteiger charge is -2.43. The molecule has 1 aliphatic rings. The standard InChI is InChI=1S/C16H26N2/c1-5-14-8-6-7-9-15(14)18-13(2)12-17-11-10-16(18,3)4/h6-9,13,17H,5,10-12H2,1-4H3. The molecule has 18 heavy (non-hydrogen) atoms. The number of benzene rings is 1. The summed E-state index contributed by atoms with van der Waals surface area (Å²) in [5.74, 6) is 0. The van der Waals surface area contributed by atoms with Gasteiger partial charge in [-0.25, -0.2) is 0 Å². The molecule has 2 heteroatoms. The maximum Gasteiger partial charge on any atom is 0.0405 e. The molecule has 1 atom stereocenters. The normalized spacial score (nSPS) is 23.8. The molecule has 1 aromatic rings. The molecule has 1 aliphatic heterocycles. The van der Waals surface area contributed by atoms with Crippen LogP contribution in [-0.4, -0.2) is 24.7 Å². The summed E-state index contributed by atoms with van der Waals surface area (Å²) in [5, 5.41) is 3.55. The van der Waals surface area contributed by atoms with Crippen LogP contribution in [0.3, 0.4) is 0 Å². The molecule has 2 rings (SSSR count). The van der Waals surface area contributed by atoms with E-state index in [2.05, 4.69) is 62.2 Å². The molecule has 1 unspecified atom stereocenters. The quantitative estimate of drug-likeness (QED) is 0.862. The second-order valence-corrected chi connectivity index (χ2v) is 5.97. The number of nitrogens with one attached hydrogen (secondary N) is 1. The van der Waals surface area contributed by atoms with Crippen LogP contribution in [0.1, 0.15) is 39.7 Å². The molecular formula is C16H26N2. The van der Waals surface area contributed by atoms with E-state index < -0.39 is 0 Å². The van der Waals surface area contributed by atoms with Gasteiger partial charge in [-0.3, -0.25) is 0 Å². The van der Waals surface area contributed by atoms with Crippen LogP contribution in [0.25, 0.3) is 0 Å². The topological polar surface area (TPSA) is 15.3 Å². The fraction of sp³-hybridized carbons (Fsp3) is 0.625. The Hall–Kier alpha value is -1.02. The van der Waals surface area contributed by atoms with Crippen LogP contribution >= 0.6 is 0 Å². The Morgan fingerprint density at radius 3 is 2.78 bits per heavy atom. The van der Waals surface area contributed by atoms with Crippen molar-refractivity contribution in [1.29, 1.82) is 0 Å². The molecule has 1 saturated heterocycles. The first kappa shape index (κ1) is 13.4. The number of anilines is 1. The Morgan fingerprint density at radius 2 is 2.06 bits per heavy atom. The second kappa shape index (κ2) is 5.31. The number of hydrogen-bond donors (Lipinski definition) is 1. The summed E-state index contributed by atoms with van der Waals surface area (Å²) in [6.45, 7) is 11.5.